The number of amides is 1. The van der Waals surface area contributed by atoms with E-state index in [-0.39, 0.29) is 23.6 Å². The fraction of sp³-hybridized carbons (Fsp3) is 0.500. The minimum atomic E-state index is -0.164. The van der Waals surface area contributed by atoms with Crippen molar-refractivity contribution in [2.45, 2.75) is 69.9 Å². The predicted octanol–water partition coefficient (Wildman–Crippen LogP) is 3.85. The lowest BCUT2D eigenvalue weighted by Crippen LogP contribution is -2.32. The van der Waals surface area contributed by atoms with Crippen LogP contribution in [0.1, 0.15) is 74.2 Å². The number of hydrogen-bond acceptors (Lipinski definition) is 6. The molecule has 2 fully saturated rings. The highest BCUT2D eigenvalue weighted by Crippen LogP contribution is 2.27. The molecule has 9 nitrogen and oxygen atoms in total. The van der Waals surface area contributed by atoms with Gasteiger partial charge < -0.3 is 20.5 Å². The average molecular weight is 450 g/mol. The Morgan fingerprint density at radius 1 is 1.09 bits per heavy atom. The number of rotatable bonds is 6. The van der Waals surface area contributed by atoms with Crippen LogP contribution in [0.4, 0.5) is 17.3 Å². The van der Waals surface area contributed by atoms with Crippen LogP contribution in [0, 0.1) is 0 Å². The molecule has 0 aliphatic heterocycles. The number of anilines is 3. The van der Waals surface area contributed by atoms with Gasteiger partial charge in [0.1, 0.15) is 22.9 Å². The molecule has 0 unspecified atom stereocenters. The van der Waals surface area contributed by atoms with Crippen molar-refractivity contribution in [1.82, 2.24) is 24.5 Å². The van der Waals surface area contributed by atoms with Gasteiger partial charge in [-0.2, -0.15) is 9.61 Å². The maximum Gasteiger partial charge on any atom is 0.274 e. The summed E-state index contributed by atoms with van der Waals surface area (Å²) >= 11 is 0. The van der Waals surface area contributed by atoms with Gasteiger partial charge >= 0.3 is 0 Å². The SMILES string of the molecule is CNc1cc(Nc2cccn(C3CCCCC3)c2=O)nc2c(C(=O)NC3CCCC3)cnn12. The Morgan fingerprint density at radius 3 is 2.61 bits per heavy atom. The van der Waals surface area contributed by atoms with Crippen molar-refractivity contribution < 1.29 is 4.79 Å². The first-order valence-corrected chi connectivity index (χ1v) is 12.0. The largest absolute Gasteiger partial charge is 0.373 e. The molecule has 0 bridgehead atoms. The quantitative estimate of drug-likeness (QED) is 0.528. The molecule has 5 rings (SSSR count). The van der Waals surface area contributed by atoms with Crippen LogP contribution in [0.5, 0.6) is 0 Å². The molecule has 1 amide bonds. The number of carbonyl (C=O) groups excluding carboxylic acids is 1. The molecule has 0 aromatic carbocycles. The second-order valence-electron chi connectivity index (χ2n) is 9.08. The Morgan fingerprint density at radius 2 is 1.85 bits per heavy atom. The molecule has 3 N–H and O–H groups in total. The van der Waals surface area contributed by atoms with Gasteiger partial charge in [-0.3, -0.25) is 9.59 Å². The van der Waals surface area contributed by atoms with E-state index >= 15 is 0 Å². The van der Waals surface area contributed by atoms with E-state index in [1.165, 1.54) is 6.42 Å². The van der Waals surface area contributed by atoms with Crippen molar-refractivity contribution in [3.63, 3.8) is 0 Å². The molecule has 0 radical (unpaired) electrons. The van der Waals surface area contributed by atoms with Crippen molar-refractivity contribution in [2.75, 3.05) is 17.7 Å². The molecule has 3 aromatic heterocycles. The molecule has 174 valence electrons. The molecule has 0 spiro atoms. The maximum absolute atomic E-state index is 13.2. The van der Waals surface area contributed by atoms with Crippen molar-refractivity contribution in [3.05, 3.63) is 46.5 Å². The Labute approximate surface area is 192 Å². The fourth-order valence-electron chi connectivity index (χ4n) is 5.09. The summed E-state index contributed by atoms with van der Waals surface area (Å²) in [5.41, 5.74) is 1.29. The molecule has 2 aliphatic rings. The van der Waals surface area contributed by atoms with Crippen molar-refractivity contribution >= 4 is 28.9 Å². The second kappa shape index (κ2) is 9.25. The zero-order valence-electron chi connectivity index (χ0n) is 19.0. The first-order valence-electron chi connectivity index (χ1n) is 12.0. The van der Waals surface area contributed by atoms with E-state index in [1.807, 2.05) is 16.8 Å². The highest BCUT2D eigenvalue weighted by molar-refractivity contribution is 6.00. The topological polar surface area (TPSA) is 105 Å². The molecule has 3 aromatic rings. The van der Waals surface area contributed by atoms with Crippen LogP contribution in [-0.2, 0) is 0 Å². The standard InChI is InChI=1S/C24H31N7O2/c1-25-21-14-20(28-19-12-7-13-30(24(19)33)17-10-3-2-4-11-17)29-22-18(15-26-31(21)22)23(32)27-16-8-5-6-9-16/h7,12-17,25H,2-6,8-11H2,1H3,(H,27,32)(H,28,29). The Kier molecular flexibility index (Phi) is 6.02. The first-order chi connectivity index (χ1) is 16.1. The molecule has 3 heterocycles. The average Bonchev–Trinajstić information content (AvgIpc) is 3.50. The summed E-state index contributed by atoms with van der Waals surface area (Å²) in [5.74, 6) is 0.995. The van der Waals surface area contributed by atoms with Gasteiger partial charge in [0, 0.05) is 31.4 Å². The Balaban J connectivity index is 1.46. The van der Waals surface area contributed by atoms with E-state index in [0.717, 1.165) is 51.4 Å². The van der Waals surface area contributed by atoms with Gasteiger partial charge in [0.15, 0.2) is 5.65 Å². The highest BCUT2D eigenvalue weighted by Gasteiger charge is 2.22. The van der Waals surface area contributed by atoms with Gasteiger partial charge in [-0.25, -0.2) is 4.98 Å². The molecule has 9 heteroatoms. The number of carbonyl (C=O) groups is 1. The third kappa shape index (κ3) is 4.31. The summed E-state index contributed by atoms with van der Waals surface area (Å²) in [6.07, 6.45) is 13.4. The molecule has 0 atom stereocenters. The van der Waals surface area contributed by atoms with E-state index in [9.17, 15) is 9.59 Å². The van der Waals surface area contributed by atoms with Crippen LogP contribution < -0.4 is 21.5 Å². The summed E-state index contributed by atoms with van der Waals surface area (Å²) in [6.45, 7) is 0. The molecular formula is C24H31N7O2. The van der Waals surface area contributed by atoms with E-state index in [0.29, 0.717) is 28.5 Å². The van der Waals surface area contributed by atoms with E-state index in [4.69, 9.17) is 0 Å². The van der Waals surface area contributed by atoms with Gasteiger partial charge in [0.05, 0.1) is 6.20 Å². The Hall–Kier alpha value is -3.36. The minimum absolute atomic E-state index is 0.0511. The molecule has 2 aliphatic carbocycles. The Bertz CT molecular complexity index is 1200. The van der Waals surface area contributed by atoms with E-state index < -0.39 is 0 Å². The van der Waals surface area contributed by atoms with Crippen LogP contribution >= 0.6 is 0 Å². The number of nitrogens with one attached hydrogen (secondary N) is 3. The van der Waals surface area contributed by atoms with Crippen LogP contribution in [0.15, 0.2) is 35.4 Å². The van der Waals surface area contributed by atoms with Gasteiger partial charge in [0.2, 0.25) is 0 Å². The van der Waals surface area contributed by atoms with Gasteiger partial charge in [0.25, 0.3) is 11.5 Å². The summed E-state index contributed by atoms with van der Waals surface area (Å²) in [4.78, 5) is 30.8. The monoisotopic (exact) mass is 449 g/mol. The normalized spacial score (nSPS) is 17.4. The molecular weight excluding hydrogens is 418 g/mol. The summed E-state index contributed by atoms with van der Waals surface area (Å²) in [5, 5.41) is 13.8. The number of fused-ring (bicyclic) bond motifs is 1. The molecule has 0 saturated heterocycles. The third-order valence-corrected chi connectivity index (χ3v) is 6.87. The highest BCUT2D eigenvalue weighted by atomic mass is 16.2. The van der Waals surface area contributed by atoms with E-state index in [1.54, 1.807) is 29.9 Å². The zero-order valence-corrected chi connectivity index (χ0v) is 19.0. The lowest BCUT2D eigenvalue weighted by Gasteiger charge is -2.24. The van der Waals surface area contributed by atoms with Gasteiger partial charge in [-0.15, -0.1) is 0 Å². The van der Waals surface area contributed by atoms with E-state index in [2.05, 4.69) is 26.0 Å². The lowest BCUT2D eigenvalue weighted by molar-refractivity contribution is 0.0939. The van der Waals surface area contributed by atoms with Crippen LogP contribution in [0.3, 0.4) is 0 Å². The number of aromatic nitrogens is 4. The summed E-state index contributed by atoms with van der Waals surface area (Å²) in [7, 11) is 1.79. The molecule has 2 saturated carbocycles. The minimum Gasteiger partial charge on any atom is -0.373 e. The smallest absolute Gasteiger partial charge is 0.274 e. The predicted molar refractivity (Wildman–Crippen MR) is 128 cm³/mol. The van der Waals surface area contributed by atoms with Crippen molar-refractivity contribution in [2.24, 2.45) is 0 Å². The number of pyridine rings is 1. The number of nitrogens with zero attached hydrogens (tertiary/aromatic N) is 4. The summed E-state index contributed by atoms with van der Waals surface area (Å²) in [6, 6.07) is 5.92. The van der Waals surface area contributed by atoms with Crippen LogP contribution in [0.25, 0.3) is 5.65 Å². The van der Waals surface area contributed by atoms with Gasteiger partial charge in [-0.1, -0.05) is 32.1 Å². The fourth-order valence-corrected chi connectivity index (χ4v) is 5.09. The van der Waals surface area contributed by atoms with Gasteiger partial charge in [-0.05, 0) is 37.8 Å². The van der Waals surface area contributed by atoms with Crippen LogP contribution in [0.2, 0.25) is 0 Å². The number of hydrogen-bond donors (Lipinski definition) is 3. The van der Waals surface area contributed by atoms with Crippen LogP contribution in [-0.4, -0.2) is 38.2 Å². The van der Waals surface area contributed by atoms with Crippen molar-refractivity contribution in [3.8, 4) is 0 Å². The van der Waals surface area contributed by atoms with Crippen molar-refractivity contribution in [1.29, 1.82) is 0 Å². The third-order valence-electron chi connectivity index (χ3n) is 6.87. The first kappa shape index (κ1) is 21.5. The second-order valence-corrected chi connectivity index (χ2v) is 9.08. The zero-order chi connectivity index (χ0) is 22.8. The maximum atomic E-state index is 13.2. The lowest BCUT2D eigenvalue weighted by atomic mass is 9.95. The molecule has 33 heavy (non-hydrogen) atoms. The summed E-state index contributed by atoms with van der Waals surface area (Å²) < 4.78 is 3.46.